The van der Waals surface area contributed by atoms with Gasteiger partial charge in [-0.25, -0.2) is 0 Å². The molecule has 0 spiro atoms. The summed E-state index contributed by atoms with van der Waals surface area (Å²) in [7, 11) is 1.84. The largest absolute Gasteiger partial charge is 0.365 e. The van der Waals surface area contributed by atoms with E-state index >= 15 is 0 Å². The Hall–Kier alpha value is -0.610. The van der Waals surface area contributed by atoms with Crippen LogP contribution in [0.25, 0.3) is 0 Å². The first-order valence-electron chi connectivity index (χ1n) is 5.83. The molecule has 1 heterocycles. The van der Waals surface area contributed by atoms with Gasteiger partial charge in [0, 0.05) is 26.1 Å². The fourth-order valence-electron chi connectivity index (χ4n) is 2.37. The van der Waals surface area contributed by atoms with E-state index in [0.717, 1.165) is 38.6 Å². The van der Waals surface area contributed by atoms with Gasteiger partial charge in [-0.05, 0) is 25.7 Å². The van der Waals surface area contributed by atoms with Gasteiger partial charge in [-0.3, -0.25) is 4.79 Å². The molecule has 0 aromatic rings. The molecule has 2 aliphatic rings. The van der Waals surface area contributed by atoms with E-state index in [0.29, 0.717) is 6.04 Å². The minimum Gasteiger partial charge on any atom is -0.365 e. The Kier molecular flexibility index (Phi) is 3.26. The monoisotopic (exact) mass is 212 g/mol. The van der Waals surface area contributed by atoms with Crippen LogP contribution in [-0.2, 0) is 9.53 Å². The number of hydrogen-bond acceptors (Lipinski definition) is 3. The van der Waals surface area contributed by atoms with Crippen LogP contribution in [0.15, 0.2) is 0 Å². The number of rotatable bonds is 2. The number of carbonyl (C=O) groups excluding carboxylic acids is 1. The smallest absolute Gasteiger partial charge is 0.251 e. The molecule has 2 N–H and O–H groups in total. The molecule has 1 aliphatic carbocycles. The Morgan fingerprint density at radius 2 is 1.93 bits per heavy atom. The molecule has 15 heavy (non-hydrogen) atoms. The Bertz CT molecular complexity index is 237. The highest BCUT2D eigenvalue weighted by Crippen LogP contribution is 2.24. The standard InChI is InChI=1S/C11H20N2O2/c1-13-7-6-10(11(13)14)15-9-4-2-8(12)3-5-9/h8-10H,2-7,12H2,1H3. The minimum atomic E-state index is -0.186. The normalized spacial score (nSPS) is 37.3. The Balaban J connectivity index is 1.80. The molecule has 0 bridgehead atoms. The van der Waals surface area contributed by atoms with Crippen LogP contribution in [0, 0.1) is 0 Å². The third-order valence-electron chi connectivity index (χ3n) is 3.45. The van der Waals surface area contributed by atoms with Gasteiger partial charge in [0.1, 0.15) is 6.10 Å². The van der Waals surface area contributed by atoms with Crippen molar-refractivity contribution in [1.82, 2.24) is 4.90 Å². The maximum Gasteiger partial charge on any atom is 0.251 e. The van der Waals surface area contributed by atoms with Gasteiger partial charge in [0.15, 0.2) is 0 Å². The molecule has 1 atom stereocenters. The SMILES string of the molecule is CN1CCC(OC2CCC(N)CC2)C1=O. The van der Waals surface area contributed by atoms with Crippen LogP contribution in [0.1, 0.15) is 32.1 Å². The average molecular weight is 212 g/mol. The van der Waals surface area contributed by atoms with Crippen molar-refractivity contribution in [1.29, 1.82) is 0 Å². The summed E-state index contributed by atoms with van der Waals surface area (Å²) in [5.41, 5.74) is 5.82. The lowest BCUT2D eigenvalue weighted by atomic mass is 9.93. The maximum absolute atomic E-state index is 11.6. The fourth-order valence-corrected chi connectivity index (χ4v) is 2.37. The van der Waals surface area contributed by atoms with Crippen molar-refractivity contribution < 1.29 is 9.53 Å². The van der Waals surface area contributed by atoms with Crippen LogP contribution in [0.2, 0.25) is 0 Å². The second-order valence-corrected chi connectivity index (χ2v) is 4.71. The van der Waals surface area contributed by atoms with Gasteiger partial charge < -0.3 is 15.4 Å². The summed E-state index contributed by atoms with van der Waals surface area (Å²) in [6, 6.07) is 0.340. The van der Waals surface area contributed by atoms with Gasteiger partial charge in [-0.15, -0.1) is 0 Å². The van der Waals surface area contributed by atoms with Crippen molar-refractivity contribution >= 4 is 5.91 Å². The third kappa shape index (κ3) is 2.49. The highest BCUT2D eigenvalue weighted by atomic mass is 16.5. The Morgan fingerprint density at radius 3 is 2.47 bits per heavy atom. The van der Waals surface area contributed by atoms with Crippen LogP contribution in [0.4, 0.5) is 0 Å². The molecule has 1 amide bonds. The number of hydrogen-bond donors (Lipinski definition) is 1. The summed E-state index contributed by atoms with van der Waals surface area (Å²) in [6.45, 7) is 0.829. The number of amides is 1. The Labute approximate surface area is 90.8 Å². The predicted molar refractivity (Wildman–Crippen MR) is 57.4 cm³/mol. The number of likely N-dealkylation sites (tertiary alicyclic amines) is 1. The zero-order valence-corrected chi connectivity index (χ0v) is 9.32. The first-order chi connectivity index (χ1) is 7.16. The number of likely N-dealkylation sites (N-methyl/N-ethyl adjacent to an activating group) is 1. The first kappa shape index (κ1) is 10.9. The zero-order valence-electron chi connectivity index (χ0n) is 9.32. The third-order valence-corrected chi connectivity index (χ3v) is 3.45. The highest BCUT2D eigenvalue weighted by Gasteiger charge is 2.32. The van der Waals surface area contributed by atoms with Crippen molar-refractivity contribution in [3.05, 3.63) is 0 Å². The van der Waals surface area contributed by atoms with Crippen molar-refractivity contribution in [3.63, 3.8) is 0 Å². The number of nitrogens with two attached hydrogens (primary N) is 1. The Morgan fingerprint density at radius 1 is 1.27 bits per heavy atom. The molecule has 1 unspecified atom stereocenters. The van der Waals surface area contributed by atoms with Gasteiger partial charge in [0.05, 0.1) is 6.10 Å². The van der Waals surface area contributed by atoms with E-state index in [1.54, 1.807) is 4.90 Å². The molecule has 86 valence electrons. The zero-order chi connectivity index (χ0) is 10.8. The molecule has 0 radical (unpaired) electrons. The van der Waals surface area contributed by atoms with Gasteiger partial charge in [-0.2, -0.15) is 0 Å². The summed E-state index contributed by atoms with van der Waals surface area (Å²) in [5, 5.41) is 0. The molecule has 1 aliphatic heterocycles. The number of carbonyl (C=O) groups is 1. The summed E-state index contributed by atoms with van der Waals surface area (Å²) >= 11 is 0. The van der Waals surface area contributed by atoms with Crippen molar-refractivity contribution in [2.45, 2.75) is 50.4 Å². The molecular formula is C11H20N2O2. The van der Waals surface area contributed by atoms with E-state index < -0.39 is 0 Å². The van der Waals surface area contributed by atoms with E-state index in [1.165, 1.54) is 0 Å². The molecular weight excluding hydrogens is 192 g/mol. The van der Waals surface area contributed by atoms with Crippen molar-refractivity contribution in [2.75, 3.05) is 13.6 Å². The van der Waals surface area contributed by atoms with Gasteiger partial charge >= 0.3 is 0 Å². The first-order valence-corrected chi connectivity index (χ1v) is 5.83. The molecule has 0 aromatic carbocycles. The predicted octanol–water partition coefficient (Wildman–Crippen LogP) is 0.504. The fraction of sp³-hybridized carbons (Fsp3) is 0.909. The van der Waals surface area contributed by atoms with Crippen LogP contribution >= 0.6 is 0 Å². The summed E-state index contributed by atoms with van der Waals surface area (Å²) in [5.74, 6) is 0.143. The van der Waals surface area contributed by atoms with Crippen molar-refractivity contribution in [2.24, 2.45) is 5.73 Å². The summed E-state index contributed by atoms with van der Waals surface area (Å²) < 4.78 is 5.84. The van der Waals surface area contributed by atoms with Gasteiger partial charge in [0.2, 0.25) is 0 Å². The van der Waals surface area contributed by atoms with Crippen LogP contribution in [-0.4, -0.2) is 42.6 Å². The number of ether oxygens (including phenoxy) is 1. The van der Waals surface area contributed by atoms with Crippen molar-refractivity contribution in [3.8, 4) is 0 Å². The summed E-state index contributed by atoms with van der Waals surface area (Å²) in [6.07, 6.45) is 4.99. The van der Waals surface area contributed by atoms with Gasteiger partial charge in [-0.1, -0.05) is 0 Å². The molecule has 4 nitrogen and oxygen atoms in total. The van der Waals surface area contributed by atoms with E-state index in [1.807, 2.05) is 7.05 Å². The van der Waals surface area contributed by atoms with E-state index in [-0.39, 0.29) is 18.1 Å². The lowest BCUT2D eigenvalue weighted by Gasteiger charge is -2.28. The average Bonchev–Trinajstić information content (AvgIpc) is 2.53. The van der Waals surface area contributed by atoms with Gasteiger partial charge in [0.25, 0.3) is 5.91 Å². The molecule has 1 saturated heterocycles. The number of nitrogens with zero attached hydrogens (tertiary/aromatic N) is 1. The van der Waals surface area contributed by atoms with E-state index in [2.05, 4.69) is 0 Å². The molecule has 2 rings (SSSR count). The maximum atomic E-state index is 11.6. The molecule has 2 fully saturated rings. The lowest BCUT2D eigenvalue weighted by Crippen LogP contribution is -2.35. The molecule has 0 aromatic heterocycles. The quantitative estimate of drug-likeness (QED) is 0.725. The lowest BCUT2D eigenvalue weighted by molar-refractivity contribution is -0.140. The minimum absolute atomic E-state index is 0.143. The highest BCUT2D eigenvalue weighted by molar-refractivity contribution is 5.82. The topological polar surface area (TPSA) is 55.6 Å². The van der Waals surface area contributed by atoms with Crippen LogP contribution in [0.3, 0.4) is 0 Å². The van der Waals surface area contributed by atoms with E-state index in [9.17, 15) is 4.79 Å². The second kappa shape index (κ2) is 4.49. The van der Waals surface area contributed by atoms with Crippen LogP contribution in [0.5, 0.6) is 0 Å². The summed E-state index contributed by atoms with van der Waals surface area (Å²) in [4.78, 5) is 13.4. The van der Waals surface area contributed by atoms with Crippen LogP contribution < -0.4 is 5.73 Å². The van der Waals surface area contributed by atoms with E-state index in [4.69, 9.17) is 10.5 Å². The molecule has 1 saturated carbocycles. The molecule has 4 heteroatoms. The second-order valence-electron chi connectivity index (χ2n) is 4.71.